The van der Waals surface area contributed by atoms with Crippen molar-refractivity contribution in [3.8, 4) is 508 Å². The second-order valence-corrected chi connectivity index (χ2v) is 11.2. The SMILES string of the molecule is C#CC#CC#CC#CC#CC#CC#CC#CC#CC#CC#CC#CC#CC#CC#CC#CC#CC#CC#CC#CC#CC#CC#CC#CC#CC#CC#CC#CC#CC#CC#CC#CC#CC#CC#CC#CC#CC#CC#CC#CC#CC#CC#CI. The Labute approximate surface area is 526 Å². The molecule has 0 aliphatic carbocycles. The molecule has 0 unspecified atom stereocenters. The van der Waals surface area contributed by atoms with Crippen LogP contribution in [-0.4, -0.2) is 0 Å². The first kappa shape index (κ1) is 68.8. The predicted octanol–water partition coefficient (Wildman–Crippen LogP) is 1.15. The van der Waals surface area contributed by atoms with Crippen molar-refractivity contribution in [2.24, 2.45) is 0 Å². The van der Waals surface area contributed by atoms with Gasteiger partial charge in [-0.15, -0.1) is 6.42 Å². The molecule has 0 aliphatic heterocycles. The number of hydrogen-bond donors (Lipinski definition) is 0. The maximum atomic E-state index is 4.95. The van der Waals surface area contributed by atoms with Gasteiger partial charge < -0.3 is 0 Å². The highest BCUT2D eigenvalue weighted by atomic mass is 127. The fraction of sp³-hybridized carbons (Fsp3) is 0. The third kappa shape index (κ3) is 67.8. The molecule has 0 aromatic rings. The van der Waals surface area contributed by atoms with Crippen LogP contribution in [-0.2, 0) is 0 Å². The largest absolute Gasteiger partial charge is 0.106 e. The predicted molar refractivity (Wildman–Crippen MR) is 349 cm³/mol. The zero-order chi connectivity index (χ0) is 62.1. The first-order valence-corrected chi connectivity index (χ1v) is 22.6. The molecule has 0 heterocycles. The lowest BCUT2D eigenvalue weighted by Crippen LogP contribution is -1.57. The Hall–Kier alpha value is -18.2. The fourth-order valence-electron chi connectivity index (χ4n) is 2.59. The summed E-state index contributed by atoms with van der Waals surface area (Å²) >= 11 is 1.88. The summed E-state index contributed by atoms with van der Waals surface area (Å²) in [5.74, 6) is 209. The normalized spacial score (nSPS) is 3.95. The quantitative estimate of drug-likeness (QED) is 0.253. The standard InChI is InChI=1S/C86HI/c1-2-3-4-5-6-7-8-9-10-11-12-13-14-15-16-17-18-19-20-21-22-23-24-25-26-27-28-29-30-31-32-33-34-35-36-37-38-39-40-41-42-43-44-45-46-47-48-49-50-51-52-53-54-55-56-57-58-59-60-61-62-63-64-65-66-67-68-69-70-71-72-73-74-75-76-77-78-79-80-81-82-83-84-85-86-87/h1H. The highest BCUT2D eigenvalue weighted by Gasteiger charge is 1.66. The van der Waals surface area contributed by atoms with Gasteiger partial charge >= 0.3 is 0 Å². The molecule has 0 rings (SSSR count). The van der Waals surface area contributed by atoms with E-state index in [4.69, 9.17) is 6.42 Å². The second kappa shape index (κ2) is 67.8. The number of terminal acetylenes is 1. The minimum atomic E-state index is 1.88. The molecule has 0 spiro atoms. The van der Waals surface area contributed by atoms with E-state index in [-0.39, 0.29) is 0 Å². The third-order valence-electron chi connectivity index (χ3n) is 5.24. The highest BCUT2D eigenvalue weighted by Crippen LogP contribution is 1.68. The first-order valence-electron chi connectivity index (χ1n) is 21.5. The van der Waals surface area contributed by atoms with Crippen molar-refractivity contribution in [3.05, 3.63) is 0 Å². The van der Waals surface area contributed by atoms with Crippen LogP contribution in [0.3, 0.4) is 0 Å². The van der Waals surface area contributed by atoms with Gasteiger partial charge in [-0.3, -0.25) is 0 Å². The molecule has 0 aromatic heterocycles. The Bertz CT molecular complexity index is 5990. The van der Waals surface area contributed by atoms with Crippen LogP contribution in [0.5, 0.6) is 0 Å². The molecule has 0 fully saturated rings. The molecule has 352 valence electrons. The van der Waals surface area contributed by atoms with E-state index in [1.54, 1.807) is 0 Å². The van der Waals surface area contributed by atoms with E-state index in [0.717, 1.165) is 0 Å². The molecule has 0 aliphatic rings. The van der Waals surface area contributed by atoms with Gasteiger partial charge in [0.25, 0.3) is 0 Å². The van der Waals surface area contributed by atoms with Crippen molar-refractivity contribution in [2.75, 3.05) is 0 Å². The van der Waals surface area contributed by atoms with E-state index < -0.39 is 0 Å². The minimum absolute atomic E-state index is 1.88. The molecule has 87 heavy (non-hydrogen) atoms. The molecule has 0 atom stereocenters. The van der Waals surface area contributed by atoms with Gasteiger partial charge in [-0.25, -0.2) is 0 Å². The van der Waals surface area contributed by atoms with Gasteiger partial charge in [-0.05, 0) is 98.7 Å². The molecule has 0 nitrogen and oxygen atoms in total. The van der Waals surface area contributed by atoms with Crippen LogP contribution in [0.2, 0.25) is 0 Å². The van der Waals surface area contributed by atoms with Gasteiger partial charge in [0.05, 0.1) is 0 Å². The highest BCUT2D eigenvalue weighted by molar-refractivity contribution is 14.1. The van der Waals surface area contributed by atoms with Crippen molar-refractivity contribution in [2.45, 2.75) is 0 Å². The number of rotatable bonds is 0. The van der Waals surface area contributed by atoms with E-state index in [1.807, 2.05) is 22.6 Å². The summed E-state index contributed by atoms with van der Waals surface area (Å²) in [5.41, 5.74) is 0. The Balaban J connectivity index is 4.62. The van der Waals surface area contributed by atoms with Crippen molar-refractivity contribution < 1.29 is 0 Å². The molecular weight excluding hydrogens is 1160 g/mol. The molecule has 0 amide bonds. The fourth-order valence-corrected chi connectivity index (χ4v) is 2.73. The lowest BCUT2D eigenvalue weighted by molar-refractivity contribution is 2.31. The monoisotopic (exact) mass is 1160 g/mol. The Morgan fingerprint density at radius 1 is 0.0920 bits per heavy atom. The summed E-state index contributed by atoms with van der Waals surface area (Å²) in [6.07, 6.45) is 4.95. The Morgan fingerprint density at radius 2 is 0.149 bits per heavy atom. The minimum Gasteiger partial charge on any atom is -0.106 e. The topological polar surface area (TPSA) is 0 Å². The molecular formula is C86HI. The van der Waals surface area contributed by atoms with Gasteiger partial charge in [0.15, 0.2) is 0 Å². The smallest absolute Gasteiger partial charge is 0.0192 e. The molecule has 0 radical (unpaired) electrons. The van der Waals surface area contributed by atoms with Crippen LogP contribution >= 0.6 is 22.6 Å². The first-order chi connectivity index (χ1) is 43.4. The van der Waals surface area contributed by atoms with Crippen LogP contribution in [0.15, 0.2) is 0 Å². The van der Waals surface area contributed by atoms with Gasteiger partial charge in [0, 0.05) is 425 Å². The van der Waals surface area contributed by atoms with Gasteiger partial charge in [-0.2, -0.15) is 0 Å². The van der Waals surface area contributed by atoms with Crippen LogP contribution in [0.4, 0.5) is 0 Å². The summed E-state index contributed by atoms with van der Waals surface area (Å²) < 4.78 is 2.59. The molecule has 0 saturated carbocycles. The number of halogens is 1. The van der Waals surface area contributed by atoms with E-state index in [1.165, 1.54) is 0 Å². The van der Waals surface area contributed by atoms with Crippen LogP contribution in [0, 0.1) is 508 Å². The Kier molecular flexibility index (Phi) is 53.6. The second-order valence-electron chi connectivity index (χ2n) is 10.6. The average Bonchev–Trinajstić information content (AvgIpc) is 3.53. The molecule has 1 heteroatoms. The zero-order valence-corrected chi connectivity index (χ0v) is 45.6. The lowest BCUT2D eigenvalue weighted by atomic mass is 10.4. The summed E-state index contributed by atoms with van der Waals surface area (Å²) in [5, 5.41) is 0. The maximum Gasteiger partial charge on any atom is 0.0192 e. The van der Waals surface area contributed by atoms with E-state index in [2.05, 4.69) is 501 Å². The summed E-state index contributed by atoms with van der Waals surface area (Å²) in [6, 6.07) is 0. The van der Waals surface area contributed by atoms with Crippen LogP contribution < -0.4 is 0 Å². The number of hydrogen-bond acceptors (Lipinski definition) is 0. The van der Waals surface area contributed by atoms with E-state index >= 15 is 0 Å². The van der Waals surface area contributed by atoms with Crippen molar-refractivity contribution in [3.63, 3.8) is 0 Å². The molecule has 0 bridgehead atoms. The third-order valence-corrected chi connectivity index (χ3v) is 5.51. The van der Waals surface area contributed by atoms with E-state index in [9.17, 15) is 0 Å². The summed E-state index contributed by atoms with van der Waals surface area (Å²) in [6.45, 7) is 0. The van der Waals surface area contributed by atoms with Gasteiger partial charge in [0.1, 0.15) is 0 Å². The van der Waals surface area contributed by atoms with Gasteiger partial charge in [0.2, 0.25) is 0 Å². The lowest BCUT2D eigenvalue weighted by Gasteiger charge is -1.58. The van der Waals surface area contributed by atoms with Crippen molar-refractivity contribution in [1.82, 2.24) is 0 Å². The Morgan fingerprint density at radius 3 is 0.207 bits per heavy atom. The van der Waals surface area contributed by atoms with Crippen LogP contribution in [0.25, 0.3) is 0 Å². The zero-order valence-electron chi connectivity index (χ0n) is 43.5. The van der Waals surface area contributed by atoms with Crippen LogP contribution in [0.1, 0.15) is 0 Å². The summed E-state index contributed by atoms with van der Waals surface area (Å²) in [7, 11) is 0. The van der Waals surface area contributed by atoms with Gasteiger partial charge in [-0.1, -0.05) is 0 Å². The van der Waals surface area contributed by atoms with Crippen molar-refractivity contribution in [1.29, 1.82) is 0 Å². The molecule has 0 N–H and O–H groups in total. The van der Waals surface area contributed by atoms with Crippen molar-refractivity contribution >= 4 is 22.6 Å². The molecule has 0 aromatic carbocycles. The summed E-state index contributed by atoms with van der Waals surface area (Å²) in [4.78, 5) is 0. The average molecular weight is 1160 g/mol. The maximum absolute atomic E-state index is 4.95. The van der Waals surface area contributed by atoms with E-state index in [0.29, 0.717) is 0 Å². The molecule has 0 saturated heterocycles.